The van der Waals surface area contributed by atoms with Gasteiger partial charge in [-0.1, -0.05) is 30.0 Å². The predicted octanol–water partition coefficient (Wildman–Crippen LogP) is 2.81. The zero-order chi connectivity index (χ0) is 21.2. The van der Waals surface area contributed by atoms with Crippen LogP contribution < -0.4 is 0 Å². The van der Waals surface area contributed by atoms with E-state index < -0.39 is 0 Å². The summed E-state index contributed by atoms with van der Waals surface area (Å²) in [5, 5.41) is 5.29. The summed E-state index contributed by atoms with van der Waals surface area (Å²) < 4.78 is 7.09. The van der Waals surface area contributed by atoms with Crippen LogP contribution in [0.2, 0.25) is 0 Å². The van der Waals surface area contributed by atoms with Gasteiger partial charge in [-0.05, 0) is 37.1 Å². The molecule has 0 spiro atoms. The standard InChI is InChI=1S/C22H23N5O3S/c28-19(25-10-12-26(13-11-25)21(29)18-7-4-14-30-18)15-31-22-23-20(16-8-9-16)27(24-22)17-5-2-1-3-6-17/h1-7,14,16H,8-13,15H2. The lowest BCUT2D eigenvalue weighted by Gasteiger charge is -2.34. The molecule has 2 fully saturated rings. The fraction of sp³-hybridized carbons (Fsp3) is 0.364. The molecule has 2 amide bonds. The lowest BCUT2D eigenvalue weighted by Crippen LogP contribution is -2.51. The highest BCUT2D eigenvalue weighted by atomic mass is 32.2. The Hall–Kier alpha value is -3.07. The largest absolute Gasteiger partial charge is 0.459 e. The Bertz CT molecular complexity index is 1050. The summed E-state index contributed by atoms with van der Waals surface area (Å²) >= 11 is 1.37. The normalized spacial score (nSPS) is 16.5. The highest BCUT2D eigenvalue weighted by Crippen LogP contribution is 2.40. The van der Waals surface area contributed by atoms with Gasteiger partial charge in [0.15, 0.2) is 5.76 Å². The molecule has 3 heterocycles. The fourth-order valence-electron chi connectivity index (χ4n) is 3.66. The van der Waals surface area contributed by atoms with Gasteiger partial charge in [0.25, 0.3) is 5.91 Å². The van der Waals surface area contributed by atoms with Crippen molar-refractivity contribution in [3.8, 4) is 5.69 Å². The molecular weight excluding hydrogens is 414 g/mol. The molecule has 0 radical (unpaired) electrons. The van der Waals surface area contributed by atoms with Crippen molar-refractivity contribution in [2.45, 2.75) is 23.9 Å². The van der Waals surface area contributed by atoms with E-state index in [1.807, 2.05) is 35.0 Å². The number of hydrogen-bond donors (Lipinski definition) is 0. The van der Waals surface area contributed by atoms with Crippen molar-refractivity contribution in [2.75, 3.05) is 31.9 Å². The number of hydrogen-bond acceptors (Lipinski definition) is 6. The molecule has 3 aromatic rings. The van der Waals surface area contributed by atoms with Gasteiger partial charge < -0.3 is 14.2 Å². The second-order valence-electron chi connectivity index (χ2n) is 7.71. The van der Waals surface area contributed by atoms with E-state index in [0.717, 1.165) is 24.4 Å². The van der Waals surface area contributed by atoms with E-state index in [0.29, 0.717) is 43.0 Å². The molecule has 0 unspecified atom stereocenters. The van der Waals surface area contributed by atoms with Gasteiger partial charge in [-0.25, -0.2) is 9.67 Å². The van der Waals surface area contributed by atoms with Crippen LogP contribution in [0, 0.1) is 0 Å². The molecule has 1 saturated carbocycles. The van der Waals surface area contributed by atoms with Gasteiger partial charge in [-0.2, -0.15) is 0 Å². The van der Waals surface area contributed by atoms with Crippen LogP contribution in [0.25, 0.3) is 5.69 Å². The Kier molecular flexibility index (Phi) is 5.50. The molecule has 1 aliphatic heterocycles. The maximum absolute atomic E-state index is 12.7. The van der Waals surface area contributed by atoms with Gasteiger partial charge in [0, 0.05) is 32.1 Å². The van der Waals surface area contributed by atoms with E-state index in [-0.39, 0.29) is 17.6 Å². The Balaban J connectivity index is 1.17. The van der Waals surface area contributed by atoms with E-state index in [1.54, 1.807) is 21.9 Å². The molecule has 8 nitrogen and oxygen atoms in total. The highest BCUT2D eigenvalue weighted by molar-refractivity contribution is 7.99. The van der Waals surface area contributed by atoms with Crippen molar-refractivity contribution in [3.05, 3.63) is 60.3 Å². The molecule has 0 atom stereocenters. The third-order valence-electron chi connectivity index (χ3n) is 5.53. The SMILES string of the molecule is O=C(CSc1nc(C2CC2)n(-c2ccccc2)n1)N1CCN(C(=O)c2ccco2)CC1. The minimum Gasteiger partial charge on any atom is -0.459 e. The summed E-state index contributed by atoms with van der Waals surface area (Å²) in [6.45, 7) is 2.04. The van der Waals surface area contributed by atoms with E-state index in [4.69, 9.17) is 9.40 Å². The summed E-state index contributed by atoms with van der Waals surface area (Å²) in [5.74, 6) is 1.97. The van der Waals surface area contributed by atoms with Crippen LogP contribution in [0.4, 0.5) is 0 Å². The summed E-state index contributed by atoms with van der Waals surface area (Å²) in [6, 6.07) is 13.3. The number of nitrogens with zero attached hydrogens (tertiary/aromatic N) is 5. The summed E-state index contributed by atoms with van der Waals surface area (Å²) in [7, 11) is 0. The number of carbonyl (C=O) groups excluding carboxylic acids is 2. The van der Waals surface area contributed by atoms with Gasteiger partial charge in [-0.3, -0.25) is 9.59 Å². The third kappa shape index (κ3) is 4.36. The van der Waals surface area contributed by atoms with Gasteiger partial charge in [-0.15, -0.1) is 5.10 Å². The Morgan fingerprint density at radius 1 is 1.00 bits per heavy atom. The number of thioether (sulfide) groups is 1. The van der Waals surface area contributed by atoms with Crippen LogP contribution >= 0.6 is 11.8 Å². The van der Waals surface area contributed by atoms with Crippen LogP contribution in [0.15, 0.2) is 58.3 Å². The minimum absolute atomic E-state index is 0.0409. The van der Waals surface area contributed by atoms with Crippen LogP contribution in [0.3, 0.4) is 0 Å². The monoisotopic (exact) mass is 437 g/mol. The molecule has 0 N–H and O–H groups in total. The van der Waals surface area contributed by atoms with Gasteiger partial charge in [0.2, 0.25) is 11.1 Å². The molecular formula is C22H23N5O3S. The number of rotatable bonds is 6. The van der Waals surface area contributed by atoms with Gasteiger partial charge >= 0.3 is 0 Å². The first-order valence-electron chi connectivity index (χ1n) is 10.4. The van der Waals surface area contributed by atoms with Crippen LogP contribution in [0.1, 0.15) is 35.1 Å². The van der Waals surface area contributed by atoms with Crippen molar-refractivity contribution < 1.29 is 14.0 Å². The molecule has 2 aromatic heterocycles. The first-order valence-corrected chi connectivity index (χ1v) is 11.4. The van der Waals surface area contributed by atoms with E-state index >= 15 is 0 Å². The Morgan fingerprint density at radius 2 is 1.74 bits per heavy atom. The molecule has 1 aromatic carbocycles. The average molecular weight is 438 g/mol. The van der Waals surface area contributed by atoms with Crippen molar-refractivity contribution in [3.63, 3.8) is 0 Å². The quantitative estimate of drug-likeness (QED) is 0.552. The molecule has 1 aliphatic carbocycles. The van der Waals surface area contributed by atoms with Gasteiger partial charge in [0.05, 0.1) is 17.7 Å². The molecule has 1 saturated heterocycles. The summed E-state index contributed by atoms with van der Waals surface area (Å²) in [5.41, 5.74) is 0.993. The number of aromatic nitrogens is 3. The van der Waals surface area contributed by atoms with Crippen LogP contribution in [-0.4, -0.2) is 68.3 Å². The number of furan rings is 1. The topological polar surface area (TPSA) is 84.5 Å². The lowest BCUT2D eigenvalue weighted by atomic mass is 10.3. The van der Waals surface area contributed by atoms with Crippen molar-refractivity contribution >= 4 is 23.6 Å². The average Bonchev–Trinajstić information content (AvgIpc) is 3.34. The number of benzene rings is 1. The molecule has 31 heavy (non-hydrogen) atoms. The van der Waals surface area contributed by atoms with Crippen LogP contribution in [0.5, 0.6) is 0 Å². The number of carbonyl (C=O) groups is 2. The van der Waals surface area contributed by atoms with Crippen molar-refractivity contribution in [1.29, 1.82) is 0 Å². The number of amides is 2. The molecule has 5 rings (SSSR count). The first-order chi connectivity index (χ1) is 15.2. The van der Waals surface area contributed by atoms with Crippen molar-refractivity contribution in [2.24, 2.45) is 0 Å². The Morgan fingerprint density at radius 3 is 2.42 bits per heavy atom. The van der Waals surface area contributed by atoms with Crippen LogP contribution in [-0.2, 0) is 4.79 Å². The zero-order valence-electron chi connectivity index (χ0n) is 17.0. The zero-order valence-corrected chi connectivity index (χ0v) is 17.8. The molecule has 9 heteroatoms. The maximum Gasteiger partial charge on any atom is 0.289 e. The number of para-hydroxylation sites is 1. The number of piperazine rings is 1. The molecule has 0 bridgehead atoms. The summed E-state index contributed by atoms with van der Waals surface area (Å²) in [4.78, 5) is 33.3. The van der Waals surface area contributed by atoms with E-state index in [2.05, 4.69) is 5.10 Å². The smallest absolute Gasteiger partial charge is 0.289 e. The molecule has 2 aliphatic rings. The fourth-order valence-corrected chi connectivity index (χ4v) is 4.40. The third-order valence-corrected chi connectivity index (χ3v) is 6.35. The minimum atomic E-state index is -0.130. The second-order valence-corrected chi connectivity index (χ2v) is 8.66. The molecule has 160 valence electrons. The first kappa shape index (κ1) is 19.9. The van der Waals surface area contributed by atoms with E-state index in [9.17, 15) is 9.59 Å². The maximum atomic E-state index is 12.7. The Labute approximate surface area is 184 Å². The summed E-state index contributed by atoms with van der Waals surface area (Å²) in [6.07, 6.45) is 3.76. The van der Waals surface area contributed by atoms with Gasteiger partial charge in [0.1, 0.15) is 5.82 Å². The van der Waals surface area contributed by atoms with E-state index in [1.165, 1.54) is 18.0 Å². The second kappa shape index (κ2) is 8.58. The predicted molar refractivity (Wildman–Crippen MR) is 115 cm³/mol. The van der Waals surface area contributed by atoms with Crippen molar-refractivity contribution in [1.82, 2.24) is 24.6 Å². The lowest BCUT2D eigenvalue weighted by molar-refractivity contribution is -0.129. The highest BCUT2D eigenvalue weighted by Gasteiger charge is 2.31.